The lowest BCUT2D eigenvalue weighted by Crippen LogP contribution is -2.24. The molecular formula is C24H21N3O2S. The van der Waals surface area contributed by atoms with Crippen LogP contribution >= 0.6 is 11.3 Å². The van der Waals surface area contributed by atoms with Crippen molar-refractivity contribution in [2.24, 2.45) is 0 Å². The second-order valence-electron chi connectivity index (χ2n) is 7.18. The first-order chi connectivity index (χ1) is 14.4. The monoisotopic (exact) mass is 415 g/mol. The van der Waals surface area contributed by atoms with Crippen molar-refractivity contribution in [1.29, 1.82) is 0 Å². The molecule has 4 rings (SSSR count). The van der Waals surface area contributed by atoms with Crippen molar-refractivity contribution < 1.29 is 4.79 Å². The highest BCUT2D eigenvalue weighted by molar-refractivity contribution is 7.12. The molecule has 0 saturated heterocycles. The number of nitrogens with one attached hydrogen (secondary N) is 1. The van der Waals surface area contributed by atoms with Crippen molar-refractivity contribution in [3.63, 3.8) is 0 Å². The van der Waals surface area contributed by atoms with Gasteiger partial charge in [0.1, 0.15) is 11.5 Å². The number of aryl methyl sites for hydroxylation is 3. The number of carbonyl (C=O) groups is 1. The van der Waals surface area contributed by atoms with Crippen LogP contribution in [0.4, 0.5) is 5.82 Å². The maximum Gasteiger partial charge on any atom is 0.266 e. The molecule has 0 saturated carbocycles. The third kappa shape index (κ3) is 3.82. The number of hydrogen-bond acceptors (Lipinski definition) is 4. The molecule has 30 heavy (non-hydrogen) atoms. The molecule has 0 bridgehead atoms. The van der Waals surface area contributed by atoms with Crippen LogP contribution in [0.25, 0.3) is 16.8 Å². The summed E-state index contributed by atoms with van der Waals surface area (Å²) in [6.45, 7) is 5.69. The molecule has 0 spiro atoms. The van der Waals surface area contributed by atoms with Crippen LogP contribution in [-0.2, 0) is 0 Å². The molecule has 0 aliphatic heterocycles. The first-order valence-corrected chi connectivity index (χ1v) is 10.4. The van der Waals surface area contributed by atoms with Gasteiger partial charge in [0, 0.05) is 0 Å². The molecule has 6 heteroatoms. The Morgan fingerprint density at radius 2 is 1.57 bits per heavy atom. The fraction of sp³-hybridized carbons (Fsp3) is 0.125. The molecule has 0 unspecified atom stereocenters. The smallest absolute Gasteiger partial charge is 0.266 e. The Labute approximate surface area is 178 Å². The molecule has 1 amide bonds. The lowest BCUT2D eigenvalue weighted by Gasteiger charge is -2.18. The summed E-state index contributed by atoms with van der Waals surface area (Å²) < 4.78 is 1.64. The van der Waals surface area contributed by atoms with Crippen LogP contribution in [0.3, 0.4) is 0 Å². The standard InChI is InChI=1S/C24H21N3O2S/c1-15-6-10-18(11-7-15)21-22(28)17(3)26-27(19-12-8-16(2)9-13-19)23(21)25-24(29)20-5-4-14-30-20/h4-14H,1-3H3,(H,25,29). The third-order valence-electron chi connectivity index (χ3n) is 4.85. The number of benzene rings is 2. The van der Waals surface area contributed by atoms with Crippen LogP contribution in [0.1, 0.15) is 26.5 Å². The molecule has 2 aromatic carbocycles. The largest absolute Gasteiger partial charge is 0.305 e. The molecule has 0 aliphatic carbocycles. The summed E-state index contributed by atoms with van der Waals surface area (Å²) in [5.41, 5.74) is 4.28. The van der Waals surface area contributed by atoms with Crippen LogP contribution in [0.2, 0.25) is 0 Å². The zero-order valence-electron chi connectivity index (χ0n) is 17.0. The number of amides is 1. The highest BCUT2D eigenvalue weighted by atomic mass is 32.1. The Balaban J connectivity index is 1.97. The van der Waals surface area contributed by atoms with Gasteiger partial charge in [-0.1, -0.05) is 53.6 Å². The van der Waals surface area contributed by atoms with Crippen molar-refractivity contribution >= 4 is 23.1 Å². The average Bonchev–Trinajstić information content (AvgIpc) is 3.28. The number of thiophene rings is 1. The minimum Gasteiger partial charge on any atom is -0.305 e. The molecule has 0 radical (unpaired) electrons. The zero-order valence-corrected chi connectivity index (χ0v) is 17.8. The van der Waals surface area contributed by atoms with Gasteiger partial charge in [0.2, 0.25) is 5.43 Å². The van der Waals surface area contributed by atoms with Gasteiger partial charge in [-0.15, -0.1) is 11.3 Å². The molecule has 0 atom stereocenters. The molecule has 1 N–H and O–H groups in total. The Morgan fingerprint density at radius 3 is 2.17 bits per heavy atom. The highest BCUT2D eigenvalue weighted by Gasteiger charge is 2.21. The summed E-state index contributed by atoms with van der Waals surface area (Å²) in [5.74, 6) is 0.0842. The van der Waals surface area contributed by atoms with Gasteiger partial charge in [-0.05, 0) is 49.9 Å². The van der Waals surface area contributed by atoms with E-state index in [2.05, 4.69) is 10.4 Å². The number of rotatable bonds is 4. The summed E-state index contributed by atoms with van der Waals surface area (Å²) in [6, 6.07) is 19.1. The van der Waals surface area contributed by atoms with E-state index in [0.29, 0.717) is 22.0 Å². The van der Waals surface area contributed by atoms with E-state index in [1.54, 1.807) is 17.7 Å². The molecule has 2 heterocycles. The van der Waals surface area contributed by atoms with E-state index in [9.17, 15) is 9.59 Å². The van der Waals surface area contributed by atoms with Gasteiger partial charge in [0.15, 0.2) is 0 Å². The number of nitrogens with zero attached hydrogens (tertiary/aromatic N) is 2. The van der Waals surface area contributed by atoms with Crippen LogP contribution < -0.4 is 10.7 Å². The summed E-state index contributed by atoms with van der Waals surface area (Å²) in [5, 5.41) is 9.29. The van der Waals surface area contributed by atoms with Gasteiger partial charge in [-0.25, -0.2) is 4.68 Å². The quantitative estimate of drug-likeness (QED) is 0.502. The average molecular weight is 416 g/mol. The number of hydrogen-bond donors (Lipinski definition) is 1. The lowest BCUT2D eigenvalue weighted by atomic mass is 10.0. The number of anilines is 1. The zero-order chi connectivity index (χ0) is 21.3. The first-order valence-electron chi connectivity index (χ1n) is 9.57. The van der Waals surface area contributed by atoms with Gasteiger partial charge >= 0.3 is 0 Å². The van der Waals surface area contributed by atoms with E-state index in [1.807, 2.05) is 73.8 Å². The summed E-state index contributed by atoms with van der Waals surface area (Å²) in [6.07, 6.45) is 0. The first kappa shape index (κ1) is 19.8. The lowest BCUT2D eigenvalue weighted by molar-refractivity contribution is 0.102. The fourth-order valence-electron chi connectivity index (χ4n) is 3.19. The van der Waals surface area contributed by atoms with Crippen molar-refractivity contribution in [3.8, 4) is 16.8 Å². The van der Waals surface area contributed by atoms with E-state index in [1.165, 1.54) is 11.3 Å². The molecule has 0 fully saturated rings. The molecule has 5 nitrogen and oxygen atoms in total. The van der Waals surface area contributed by atoms with Crippen molar-refractivity contribution in [3.05, 3.63) is 98.0 Å². The van der Waals surface area contributed by atoms with Crippen molar-refractivity contribution in [1.82, 2.24) is 9.78 Å². The molecule has 150 valence electrons. The van der Waals surface area contributed by atoms with Crippen LogP contribution in [0.5, 0.6) is 0 Å². The Hall–Kier alpha value is -3.51. The Morgan fingerprint density at radius 1 is 0.933 bits per heavy atom. The normalized spacial score (nSPS) is 10.8. The van der Waals surface area contributed by atoms with Crippen molar-refractivity contribution in [2.75, 3.05) is 5.32 Å². The van der Waals surface area contributed by atoms with Gasteiger partial charge in [0.25, 0.3) is 5.91 Å². The predicted octanol–water partition coefficient (Wildman–Crippen LogP) is 5.14. The van der Waals surface area contributed by atoms with E-state index in [0.717, 1.165) is 22.4 Å². The maximum absolute atomic E-state index is 13.2. The van der Waals surface area contributed by atoms with E-state index in [4.69, 9.17) is 0 Å². The van der Waals surface area contributed by atoms with Crippen molar-refractivity contribution in [2.45, 2.75) is 20.8 Å². The summed E-state index contributed by atoms with van der Waals surface area (Å²) in [4.78, 5) is 26.6. The molecule has 4 aromatic rings. The predicted molar refractivity (Wildman–Crippen MR) is 122 cm³/mol. The summed E-state index contributed by atoms with van der Waals surface area (Å²) in [7, 11) is 0. The minimum absolute atomic E-state index is 0.205. The Bertz CT molecular complexity index is 1260. The van der Waals surface area contributed by atoms with Gasteiger partial charge in [-0.3, -0.25) is 9.59 Å². The summed E-state index contributed by atoms with van der Waals surface area (Å²) >= 11 is 1.35. The van der Waals surface area contributed by atoms with Crippen LogP contribution in [0.15, 0.2) is 70.8 Å². The second-order valence-corrected chi connectivity index (χ2v) is 8.13. The third-order valence-corrected chi connectivity index (χ3v) is 5.72. The topological polar surface area (TPSA) is 64.0 Å². The SMILES string of the molecule is Cc1ccc(-c2c(NC(=O)c3cccs3)n(-c3ccc(C)cc3)nc(C)c2=O)cc1. The van der Waals surface area contributed by atoms with E-state index in [-0.39, 0.29) is 11.3 Å². The van der Waals surface area contributed by atoms with Crippen LogP contribution in [-0.4, -0.2) is 15.7 Å². The van der Waals surface area contributed by atoms with Gasteiger partial charge < -0.3 is 5.32 Å². The fourth-order valence-corrected chi connectivity index (χ4v) is 3.81. The molecular weight excluding hydrogens is 394 g/mol. The highest BCUT2D eigenvalue weighted by Crippen LogP contribution is 2.28. The minimum atomic E-state index is -0.274. The molecule has 0 aliphatic rings. The van der Waals surface area contributed by atoms with E-state index >= 15 is 0 Å². The van der Waals surface area contributed by atoms with Crippen LogP contribution in [0, 0.1) is 20.8 Å². The van der Waals surface area contributed by atoms with E-state index < -0.39 is 0 Å². The van der Waals surface area contributed by atoms with Gasteiger partial charge in [-0.2, -0.15) is 5.10 Å². The second kappa shape index (κ2) is 8.08. The number of aromatic nitrogens is 2. The molecule has 2 aromatic heterocycles. The maximum atomic E-state index is 13.2. The van der Waals surface area contributed by atoms with Gasteiger partial charge in [0.05, 0.1) is 16.1 Å². The Kier molecular flexibility index (Phi) is 5.33. The number of carbonyl (C=O) groups excluding carboxylic acids is 1.